The maximum Gasteiger partial charge on any atom is 0.408 e. The Labute approximate surface area is 180 Å². The Morgan fingerprint density at radius 2 is 1.76 bits per heavy atom. The van der Waals surface area contributed by atoms with Crippen LogP contribution in [0.15, 0.2) is 47.2 Å². The molecule has 2 N–H and O–H groups in total. The van der Waals surface area contributed by atoms with Crippen LogP contribution in [0.5, 0.6) is 0 Å². The van der Waals surface area contributed by atoms with Crippen molar-refractivity contribution in [3.63, 3.8) is 0 Å². The van der Waals surface area contributed by atoms with Crippen molar-refractivity contribution in [3.05, 3.63) is 47.2 Å². The first kappa shape index (κ1) is 22.9. The molecule has 2 aromatic rings. The standard InChI is InChI=1S/C22H28BrN3O3/c1-14(2)12-19(26(21(28)29)22(3,4)5)20(27)25-18-7-6-16(13-17(18)23)15-8-10-24-11-9-15/h6-11,13-14,19H,12H2,1-5H3,(H,25,27)(H,28,29). The van der Waals surface area contributed by atoms with E-state index in [1.165, 1.54) is 4.90 Å². The van der Waals surface area contributed by atoms with Gasteiger partial charge in [0.1, 0.15) is 6.04 Å². The number of benzene rings is 1. The molecular weight excluding hydrogens is 434 g/mol. The molecule has 0 aliphatic heterocycles. The third-order valence-electron chi connectivity index (χ3n) is 4.48. The summed E-state index contributed by atoms with van der Waals surface area (Å²) in [7, 11) is 0. The molecule has 0 aliphatic rings. The fraction of sp³-hybridized carbons (Fsp3) is 0.409. The Kier molecular flexibility index (Phi) is 7.41. The SMILES string of the molecule is CC(C)CC(C(=O)Nc1ccc(-c2ccncc2)cc1Br)N(C(=O)O)C(C)(C)C. The van der Waals surface area contributed by atoms with Gasteiger partial charge in [0.05, 0.1) is 5.69 Å². The van der Waals surface area contributed by atoms with E-state index in [4.69, 9.17) is 0 Å². The Hall–Kier alpha value is -2.41. The van der Waals surface area contributed by atoms with E-state index >= 15 is 0 Å². The van der Waals surface area contributed by atoms with Crippen molar-refractivity contribution in [1.29, 1.82) is 0 Å². The number of anilines is 1. The van der Waals surface area contributed by atoms with E-state index in [9.17, 15) is 14.7 Å². The lowest BCUT2D eigenvalue weighted by Crippen LogP contribution is -2.56. The first-order valence-electron chi connectivity index (χ1n) is 9.53. The van der Waals surface area contributed by atoms with E-state index in [0.29, 0.717) is 12.1 Å². The van der Waals surface area contributed by atoms with Gasteiger partial charge in [-0.3, -0.25) is 14.7 Å². The Bertz CT molecular complexity index is 863. The highest BCUT2D eigenvalue weighted by Gasteiger charge is 2.37. The Morgan fingerprint density at radius 1 is 1.14 bits per heavy atom. The number of aromatic nitrogens is 1. The summed E-state index contributed by atoms with van der Waals surface area (Å²) < 4.78 is 0.723. The predicted molar refractivity (Wildman–Crippen MR) is 119 cm³/mol. The monoisotopic (exact) mass is 461 g/mol. The molecule has 0 bridgehead atoms. The molecular formula is C22H28BrN3O3. The van der Waals surface area contributed by atoms with Crippen LogP contribution in [0.2, 0.25) is 0 Å². The number of carbonyl (C=O) groups is 2. The van der Waals surface area contributed by atoms with Crippen molar-refractivity contribution in [2.45, 2.75) is 52.6 Å². The van der Waals surface area contributed by atoms with Crippen LogP contribution >= 0.6 is 15.9 Å². The number of nitrogens with one attached hydrogen (secondary N) is 1. The maximum atomic E-state index is 13.1. The van der Waals surface area contributed by atoms with E-state index in [1.54, 1.807) is 33.2 Å². The second kappa shape index (κ2) is 9.39. The summed E-state index contributed by atoms with van der Waals surface area (Å²) in [5, 5.41) is 12.7. The number of amides is 2. The highest BCUT2D eigenvalue weighted by Crippen LogP contribution is 2.30. The number of pyridine rings is 1. The number of nitrogens with zero attached hydrogens (tertiary/aromatic N) is 2. The topological polar surface area (TPSA) is 82.5 Å². The van der Waals surface area contributed by atoms with Crippen LogP contribution in [0.1, 0.15) is 41.0 Å². The largest absolute Gasteiger partial charge is 0.465 e. The smallest absolute Gasteiger partial charge is 0.408 e. The zero-order valence-corrected chi connectivity index (χ0v) is 19.0. The minimum Gasteiger partial charge on any atom is -0.465 e. The lowest BCUT2D eigenvalue weighted by molar-refractivity contribution is -0.123. The number of rotatable bonds is 6. The van der Waals surface area contributed by atoms with E-state index < -0.39 is 17.7 Å². The molecule has 29 heavy (non-hydrogen) atoms. The summed E-state index contributed by atoms with van der Waals surface area (Å²) in [5.74, 6) is -0.180. The highest BCUT2D eigenvalue weighted by atomic mass is 79.9. The van der Waals surface area contributed by atoms with Gasteiger partial charge in [-0.2, -0.15) is 0 Å². The van der Waals surface area contributed by atoms with Gasteiger partial charge in [0, 0.05) is 22.4 Å². The zero-order chi connectivity index (χ0) is 21.8. The summed E-state index contributed by atoms with van der Waals surface area (Å²) in [6.07, 6.45) is 2.78. The van der Waals surface area contributed by atoms with Crippen LogP contribution in [0.3, 0.4) is 0 Å². The number of hydrogen-bond acceptors (Lipinski definition) is 3. The van der Waals surface area contributed by atoms with Crippen LogP contribution < -0.4 is 5.32 Å². The molecule has 0 radical (unpaired) electrons. The third kappa shape index (κ3) is 6.03. The van der Waals surface area contributed by atoms with Gasteiger partial charge in [-0.1, -0.05) is 19.9 Å². The predicted octanol–water partition coefficient (Wildman–Crippen LogP) is 5.64. The van der Waals surface area contributed by atoms with Gasteiger partial charge in [0.2, 0.25) is 5.91 Å². The number of carbonyl (C=O) groups excluding carboxylic acids is 1. The van der Waals surface area contributed by atoms with Gasteiger partial charge >= 0.3 is 6.09 Å². The van der Waals surface area contributed by atoms with Crippen molar-refractivity contribution < 1.29 is 14.7 Å². The van der Waals surface area contributed by atoms with Crippen LogP contribution in [0.25, 0.3) is 11.1 Å². The molecule has 0 spiro atoms. The minimum atomic E-state index is -1.11. The molecule has 6 nitrogen and oxygen atoms in total. The Morgan fingerprint density at radius 3 is 2.24 bits per heavy atom. The summed E-state index contributed by atoms with van der Waals surface area (Å²) in [5.41, 5.74) is 1.89. The van der Waals surface area contributed by atoms with Crippen LogP contribution in [0, 0.1) is 5.92 Å². The minimum absolute atomic E-state index is 0.160. The fourth-order valence-electron chi connectivity index (χ4n) is 3.22. The van der Waals surface area contributed by atoms with E-state index in [2.05, 4.69) is 26.2 Å². The van der Waals surface area contributed by atoms with Crippen molar-refractivity contribution in [2.24, 2.45) is 5.92 Å². The van der Waals surface area contributed by atoms with Gasteiger partial charge in [-0.25, -0.2) is 4.79 Å². The molecule has 0 fully saturated rings. The summed E-state index contributed by atoms with van der Waals surface area (Å²) >= 11 is 3.52. The summed E-state index contributed by atoms with van der Waals surface area (Å²) in [4.78, 5) is 30.3. The zero-order valence-electron chi connectivity index (χ0n) is 17.4. The van der Waals surface area contributed by atoms with Crippen molar-refractivity contribution >= 4 is 33.6 Å². The van der Waals surface area contributed by atoms with Gasteiger partial charge in [-0.15, -0.1) is 0 Å². The number of halogens is 1. The average Bonchev–Trinajstić information content (AvgIpc) is 2.61. The van der Waals surface area contributed by atoms with Crippen molar-refractivity contribution in [1.82, 2.24) is 9.88 Å². The van der Waals surface area contributed by atoms with Crippen molar-refractivity contribution in [3.8, 4) is 11.1 Å². The van der Waals surface area contributed by atoms with E-state index in [-0.39, 0.29) is 11.8 Å². The highest BCUT2D eigenvalue weighted by molar-refractivity contribution is 9.10. The van der Waals surface area contributed by atoms with Crippen molar-refractivity contribution in [2.75, 3.05) is 5.32 Å². The molecule has 0 aliphatic carbocycles. The van der Waals surface area contributed by atoms with Gasteiger partial charge in [0.25, 0.3) is 0 Å². The molecule has 0 saturated heterocycles. The molecule has 2 rings (SSSR count). The summed E-state index contributed by atoms with van der Waals surface area (Å²) in [6, 6.07) is 8.66. The molecule has 1 heterocycles. The molecule has 2 amide bonds. The first-order chi connectivity index (χ1) is 13.5. The lowest BCUT2D eigenvalue weighted by atomic mass is 9.96. The molecule has 156 valence electrons. The maximum absolute atomic E-state index is 13.1. The number of carboxylic acid groups (broad SMARTS) is 1. The normalized spacial score (nSPS) is 12.5. The molecule has 0 saturated carbocycles. The van der Waals surface area contributed by atoms with Crippen LogP contribution in [-0.4, -0.2) is 38.6 Å². The quantitative estimate of drug-likeness (QED) is 0.582. The molecule has 1 aromatic carbocycles. The molecule has 1 aromatic heterocycles. The lowest BCUT2D eigenvalue weighted by Gasteiger charge is -2.39. The third-order valence-corrected chi connectivity index (χ3v) is 5.13. The van der Waals surface area contributed by atoms with E-state index in [1.807, 2.05) is 44.2 Å². The molecule has 1 unspecified atom stereocenters. The second-order valence-electron chi connectivity index (χ2n) is 8.39. The fourth-order valence-corrected chi connectivity index (χ4v) is 3.70. The van der Waals surface area contributed by atoms with Gasteiger partial charge in [0.15, 0.2) is 0 Å². The van der Waals surface area contributed by atoms with Crippen LogP contribution in [-0.2, 0) is 4.79 Å². The average molecular weight is 462 g/mol. The van der Waals surface area contributed by atoms with Crippen LogP contribution in [0.4, 0.5) is 10.5 Å². The van der Waals surface area contributed by atoms with Gasteiger partial charge in [-0.05, 0) is 84.4 Å². The second-order valence-corrected chi connectivity index (χ2v) is 9.24. The first-order valence-corrected chi connectivity index (χ1v) is 10.3. The molecule has 1 atom stereocenters. The molecule has 7 heteroatoms. The summed E-state index contributed by atoms with van der Waals surface area (Å²) in [6.45, 7) is 9.33. The Balaban J connectivity index is 2.30. The number of hydrogen-bond donors (Lipinski definition) is 2. The van der Waals surface area contributed by atoms with E-state index in [0.717, 1.165) is 15.6 Å². The van der Waals surface area contributed by atoms with Gasteiger partial charge < -0.3 is 10.4 Å².